The fourth-order valence-electron chi connectivity index (χ4n) is 0.250. The summed E-state index contributed by atoms with van der Waals surface area (Å²) in [5.41, 5.74) is 5.11. The monoisotopic (exact) mass is 104 g/mol. The van der Waals surface area contributed by atoms with Crippen LogP contribution < -0.4 is 5.73 Å². The molecule has 3 nitrogen and oxygen atoms in total. The molecule has 3 heteroatoms. The van der Waals surface area contributed by atoms with Gasteiger partial charge in [-0.2, -0.15) is 0 Å². The number of hydrogen-bond donors (Lipinski definition) is 1. The summed E-state index contributed by atoms with van der Waals surface area (Å²) in [7, 11) is 3.04. The van der Waals surface area contributed by atoms with Gasteiger partial charge in [-0.1, -0.05) is 0 Å². The summed E-state index contributed by atoms with van der Waals surface area (Å²) in [5.74, 6) is 0. The van der Waals surface area contributed by atoms with Gasteiger partial charge in [-0.25, -0.2) is 0 Å². The number of rotatable bonds is 3. The van der Waals surface area contributed by atoms with Crippen molar-refractivity contribution in [1.82, 2.24) is 0 Å². The van der Waals surface area contributed by atoms with Gasteiger partial charge in [0, 0.05) is 14.2 Å². The van der Waals surface area contributed by atoms with E-state index >= 15 is 0 Å². The third kappa shape index (κ3) is 2.56. The fourth-order valence-corrected chi connectivity index (χ4v) is 0.250. The topological polar surface area (TPSA) is 44.5 Å². The van der Waals surface area contributed by atoms with E-state index < -0.39 is 0 Å². The number of nitrogens with two attached hydrogens (primary N) is 1. The van der Waals surface area contributed by atoms with Crippen molar-refractivity contribution in [3.63, 3.8) is 0 Å². The summed E-state index contributed by atoms with van der Waals surface area (Å²) in [6, 6.07) is 0. The highest BCUT2D eigenvalue weighted by atomic mass is 16.7. The Bertz CT molecular complexity index is 31.2. The molecule has 0 bridgehead atoms. The zero-order valence-electron chi connectivity index (χ0n) is 4.60. The van der Waals surface area contributed by atoms with Gasteiger partial charge in [0.2, 0.25) is 6.29 Å². The van der Waals surface area contributed by atoms with Crippen LogP contribution in [0.2, 0.25) is 0 Å². The predicted octanol–water partition coefficient (Wildman–Crippen LogP) is -0.273. The van der Waals surface area contributed by atoms with Crippen molar-refractivity contribution in [3.05, 3.63) is 6.29 Å². The zero-order chi connectivity index (χ0) is 5.70. The summed E-state index contributed by atoms with van der Waals surface area (Å²) in [6.07, 6.45) is 0.458. The second-order valence-corrected chi connectivity index (χ2v) is 0.984. The summed E-state index contributed by atoms with van der Waals surface area (Å²) < 4.78 is 9.24. The third-order valence-corrected chi connectivity index (χ3v) is 0.622. The van der Waals surface area contributed by atoms with Crippen LogP contribution in [0.15, 0.2) is 0 Å². The smallest absolute Gasteiger partial charge is 0.237 e. The lowest BCUT2D eigenvalue weighted by Gasteiger charge is -2.05. The average Bonchev–Trinajstić information content (AvgIpc) is 1.72. The Morgan fingerprint density at radius 2 is 1.86 bits per heavy atom. The summed E-state index contributed by atoms with van der Waals surface area (Å²) in [4.78, 5) is 0. The van der Waals surface area contributed by atoms with E-state index in [9.17, 15) is 0 Å². The van der Waals surface area contributed by atoms with Gasteiger partial charge >= 0.3 is 0 Å². The molecule has 0 rings (SSSR count). The van der Waals surface area contributed by atoms with Gasteiger partial charge < -0.3 is 15.2 Å². The normalized spacial score (nSPS) is 10.3. The SMILES string of the molecule is CO[C](CN)OC. The molecule has 0 saturated carbocycles. The van der Waals surface area contributed by atoms with Crippen LogP contribution in [0.3, 0.4) is 0 Å². The van der Waals surface area contributed by atoms with E-state index in [4.69, 9.17) is 5.73 Å². The Morgan fingerprint density at radius 3 is 1.86 bits per heavy atom. The van der Waals surface area contributed by atoms with Gasteiger partial charge in [0.05, 0.1) is 6.54 Å². The van der Waals surface area contributed by atoms with Crippen molar-refractivity contribution in [2.24, 2.45) is 5.73 Å². The fraction of sp³-hybridized carbons (Fsp3) is 0.750. The lowest BCUT2D eigenvalue weighted by molar-refractivity contribution is 0.00785. The molecule has 43 valence electrons. The molecule has 2 N–H and O–H groups in total. The molecule has 0 aromatic rings. The third-order valence-electron chi connectivity index (χ3n) is 0.622. The van der Waals surface area contributed by atoms with Gasteiger partial charge in [-0.15, -0.1) is 0 Å². The Kier molecular flexibility index (Phi) is 3.98. The van der Waals surface area contributed by atoms with Crippen LogP contribution in [0.4, 0.5) is 0 Å². The van der Waals surface area contributed by atoms with E-state index in [2.05, 4.69) is 9.47 Å². The maximum atomic E-state index is 5.11. The minimum atomic E-state index is 0.326. The second kappa shape index (κ2) is 4.05. The molecule has 0 aromatic heterocycles. The van der Waals surface area contributed by atoms with Crippen molar-refractivity contribution in [3.8, 4) is 0 Å². The van der Waals surface area contributed by atoms with Gasteiger partial charge in [-0.3, -0.25) is 0 Å². The molecule has 0 heterocycles. The van der Waals surface area contributed by atoms with Crippen LogP contribution >= 0.6 is 0 Å². The highest BCUT2D eigenvalue weighted by Gasteiger charge is 2.00. The van der Waals surface area contributed by atoms with E-state index in [1.54, 1.807) is 0 Å². The van der Waals surface area contributed by atoms with Crippen LogP contribution in [-0.4, -0.2) is 20.8 Å². The molecule has 0 aliphatic carbocycles. The van der Waals surface area contributed by atoms with E-state index in [1.165, 1.54) is 14.2 Å². The number of ether oxygens (including phenoxy) is 2. The molecule has 0 amide bonds. The van der Waals surface area contributed by atoms with Crippen molar-refractivity contribution in [1.29, 1.82) is 0 Å². The summed E-state index contributed by atoms with van der Waals surface area (Å²) in [5, 5.41) is 0. The standard InChI is InChI=1S/C4H10NO2/c1-6-4(3-5)7-2/h3,5H2,1-2H3. The van der Waals surface area contributed by atoms with Crippen LogP contribution in [0, 0.1) is 6.29 Å². The molecule has 0 atom stereocenters. The summed E-state index contributed by atoms with van der Waals surface area (Å²) in [6.45, 7) is 0.326. The Hall–Kier alpha value is -0.120. The van der Waals surface area contributed by atoms with Crippen molar-refractivity contribution in [2.75, 3.05) is 20.8 Å². The summed E-state index contributed by atoms with van der Waals surface area (Å²) >= 11 is 0. The van der Waals surface area contributed by atoms with Crippen molar-refractivity contribution < 1.29 is 9.47 Å². The zero-order valence-corrected chi connectivity index (χ0v) is 4.60. The second-order valence-electron chi connectivity index (χ2n) is 0.984. The molecular weight excluding hydrogens is 94.0 g/mol. The Labute approximate surface area is 43.4 Å². The maximum Gasteiger partial charge on any atom is 0.237 e. The highest BCUT2D eigenvalue weighted by molar-refractivity contribution is 4.61. The molecule has 1 radical (unpaired) electrons. The van der Waals surface area contributed by atoms with Gasteiger partial charge in [-0.05, 0) is 0 Å². The van der Waals surface area contributed by atoms with Gasteiger partial charge in [0.15, 0.2) is 0 Å². The van der Waals surface area contributed by atoms with E-state index in [1.807, 2.05) is 0 Å². The molecule has 0 aliphatic rings. The minimum absolute atomic E-state index is 0.326. The first-order valence-corrected chi connectivity index (χ1v) is 1.99. The first kappa shape index (κ1) is 6.88. The molecule has 0 aliphatic heterocycles. The number of methoxy groups -OCH3 is 2. The molecule has 0 aromatic carbocycles. The largest absolute Gasteiger partial charge is 0.348 e. The molecule has 0 saturated heterocycles. The predicted molar refractivity (Wildman–Crippen MR) is 26.3 cm³/mol. The van der Waals surface area contributed by atoms with Crippen LogP contribution in [0.25, 0.3) is 0 Å². The minimum Gasteiger partial charge on any atom is -0.348 e. The quantitative estimate of drug-likeness (QED) is 0.536. The van der Waals surface area contributed by atoms with E-state index in [0.29, 0.717) is 12.8 Å². The van der Waals surface area contributed by atoms with Gasteiger partial charge in [0.1, 0.15) is 0 Å². The molecule has 7 heavy (non-hydrogen) atoms. The van der Waals surface area contributed by atoms with Crippen molar-refractivity contribution >= 4 is 0 Å². The molecule has 0 spiro atoms. The molecule has 0 unspecified atom stereocenters. The van der Waals surface area contributed by atoms with Crippen LogP contribution in [0.5, 0.6) is 0 Å². The van der Waals surface area contributed by atoms with Crippen LogP contribution in [0.1, 0.15) is 0 Å². The lowest BCUT2D eigenvalue weighted by Crippen LogP contribution is -2.15. The van der Waals surface area contributed by atoms with E-state index in [0.717, 1.165) is 0 Å². The van der Waals surface area contributed by atoms with Crippen molar-refractivity contribution in [2.45, 2.75) is 0 Å². The maximum absolute atomic E-state index is 5.11. The first-order chi connectivity index (χ1) is 3.35. The van der Waals surface area contributed by atoms with Crippen LogP contribution in [-0.2, 0) is 9.47 Å². The Morgan fingerprint density at radius 1 is 1.43 bits per heavy atom. The van der Waals surface area contributed by atoms with Gasteiger partial charge in [0.25, 0.3) is 0 Å². The highest BCUT2D eigenvalue weighted by Crippen LogP contribution is 1.94. The average molecular weight is 104 g/mol. The number of hydrogen-bond acceptors (Lipinski definition) is 3. The molecule has 0 fully saturated rings. The first-order valence-electron chi connectivity index (χ1n) is 1.99. The van der Waals surface area contributed by atoms with E-state index in [-0.39, 0.29) is 0 Å². The molecular formula is C4H10NO2. The Balaban J connectivity index is 2.99. The lowest BCUT2D eigenvalue weighted by atomic mass is 10.6.